The van der Waals surface area contributed by atoms with Gasteiger partial charge in [-0.25, -0.2) is 13.8 Å². The molecular formula is C18H17F4N3O. The van der Waals surface area contributed by atoms with Crippen molar-refractivity contribution in [3.8, 4) is 5.75 Å². The SMILES string of the molecule is C[C@H](Nc1ccccc1OCC(F)F)c1nc2ccccc2n1C(F)F. The summed E-state index contributed by atoms with van der Waals surface area (Å²) in [6, 6.07) is 12.5. The largest absolute Gasteiger partial charge is 0.485 e. The van der Waals surface area contributed by atoms with Crippen molar-refractivity contribution in [2.45, 2.75) is 25.9 Å². The zero-order chi connectivity index (χ0) is 18.7. The number of nitrogens with zero attached hydrogens (tertiary/aromatic N) is 2. The highest BCUT2D eigenvalue weighted by atomic mass is 19.3. The van der Waals surface area contributed by atoms with E-state index in [0.29, 0.717) is 16.7 Å². The molecule has 0 saturated heterocycles. The molecule has 0 unspecified atom stereocenters. The molecule has 2 aromatic carbocycles. The Bertz CT molecular complexity index is 882. The Kier molecular flexibility index (Phi) is 5.29. The Hall–Kier alpha value is -2.77. The number of imidazole rings is 1. The van der Waals surface area contributed by atoms with Gasteiger partial charge in [0.05, 0.1) is 22.8 Å². The summed E-state index contributed by atoms with van der Waals surface area (Å²) in [6.45, 7) is -1.83. The molecular weight excluding hydrogens is 350 g/mol. The minimum absolute atomic E-state index is 0.143. The zero-order valence-corrected chi connectivity index (χ0v) is 13.9. The number of hydrogen-bond donors (Lipinski definition) is 1. The van der Waals surface area contributed by atoms with Gasteiger partial charge in [-0.05, 0) is 31.2 Å². The van der Waals surface area contributed by atoms with E-state index in [1.54, 1.807) is 49.4 Å². The van der Waals surface area contributed by atoms with Gasteiger partial charge >= 0.3 is 6.55 Å². The fourth-order valence-electron chi connectivity index (χ4n) is 2.74. The summed E-state index contributed by atoms with van der Waals surface area (Å²) in [6.07, 6.45) is -2.61. The average molecular weight is 367 g/mol. The molecule has 26 heavy (non-hydrogen) atoms. The van der Waals surface area contributed by atoms with Crippen LogP contribution in [0, 0.1) is 0 Å². The van der Waals surface area contributed by atoms with E-state index in [2.05, 4.69) is 10.3 Å². The third kappa shape index (κ3) is 3.74. The first kappa shape index (κ1) is 18.0. The van der Waals surface area contributed by atoms with Crippen molar-refractivity contribution in [2.75, 3.05) is 11.9 Å². The smallest absolute Gasteiger partial charge is 0.320 e. The molecule has 0 fully saturated rings. The summed E-state index contributed by atoms with van der Waals surface area (Å²) < 4.78 is 57.9. The lowest BCUT2D eigenvalue weighted by Gasteiger charge is -2.19. The van der Waals surface area contributed by atoms with Gasteiger partial charge in [0.1, 0.15) is 18.2 Å². The molecule has 4 nitrogen and oxygen atoms in total. The number of para-hydroxylation sites is 4. The Labute approximate surface area is 147 Å². The average Bonchev–Trinajstić information content (AvgIpc) is 3.00. The monoisotopic (exact) mass is 367 g/mol. The van der Waals surface area contributed by atoms with Gasteiger partial charge in [-0.2, -0.15) is 8.78 Å². The first-order valence-electron chi connectivity index (χ1n) is 7.99. The van der Waals surface area contributed by atoms with E-state index < -0.39 is 25.6 Å². The first-order valence-corrected chi connectivity index (χ1v) is 7.99. The van der Waals surface area contributed by atoms with Gasteiger partial charge in [-0.15, -0.1) is 0 Å². The number of ether oxygens (including phenoxy) is 1. The lowest BCUT2D eigenvalue weighted by atomic mass is 10.2. The highest BCUT2D eigenvalue weighted by Gasteiger charge is 2.22. The fourth-order valence-corrected chi connectivity index (χ4v) is 2.74. The van der Waals surface area contributed by atoms with Crippen molar-refractivity contribution in [1.29, 1.82) is 0 Å². The molecule has 1 aromatic heterocycles. The Morgan fingerprint density at radius 1 is 1.04 bits per heavy atom. The van der Waals surface area contributed by atoms with Crippen LogP contribution in [0.2, 0.25) is 0 Å². The molecule has 138 valence electrons. The van der Waals surface area contributed by atoms with Crippen LogP contribution in [0.25, 0.3) is 11.0 Å². The summed E-state index contributed by atoms with van der Waals surface area (Å²) in [5.41, 5.74) is 1.21. The number of fused-ring (bicyclic) bond motifs is 1. The van der Waals surface area contributed by atoms with Crippen LogP contribution in [0.3, 0.4) is 0 Å². The topological polar surface area (TPSA) is 39.1 Å². The van der Waals surface area contributed by atoms with Crippen molar-refractivity contribution < 1.29 is 22.3 Å². The number of aromatic nitrogens is 2. The summed E-state index contributed by atoms with van der Waals surface area (Å²) in [7, 11) is 0. The molecule has 0 spiro atoms. The maximum atomic E-state index is 13.6. The molecule has 3 rings (SSSR count). The van der Waals surface area contributed by atoms with Crippen molar-refractivity contribution in [2.24, 2.45) is 0 Å². The molecule has 0 aliphatic heterocycles. The second-order valence-corrected chi connectivity index (χ2v) is 5.67. The van der Waals surface area contributed by atoms with E-state index in [1.165, 1.54) is 6.07 Å². The fraction of sp³-hybridized carbons (Fsp3) is 0.278. The molecule has 0 amide bonds. The van der Waals surface area contributed by atoms with E-state index >= 15 is 0 Å². The lowest BCUT2D eigenvalue weighted by molar-refractivity contribution is 0.0707. The summed E-state index contributed by atoms with van der Waals surface area (Å²) in [5, 5.41) is 3.02. The minimum Gasteiger partial charge on any atom is -0.485 e. The van der Waals surface area contributed by atoms with Gasteiger partial charge in [-0.1, -0.05) is 24.3 Å². The number of nitrogens with one attached hydrogen (secondary N) is 1. The summed E-state index contributed by atoms with van der Waals surface area (Å²) in [5.74, 6) is 0.365. The van der Waals surface area contributed by atoms with Crippen LogP contribution in [0.5, 0.6) is 5.75 Å². The van der Waals surface area contributed by atoms with Crippen LogP contribution in [-0.4, -0.2) is 22.6 Å². The molecule has 0 aliphatic carbocycles. The van der Waals surface area contributed by atoms with Crippen molar-refractivity contribution in [3.63, 3.8) is 0 Å². The normalized spacial score (nSPS) is 12.7. The molecule has 0 saturated carbocycles. The number of anilines is 1. The molecule has 1 heterocycles. The molecule has 1 N–H and O–H groups in total. The lowest BCUT2D eigenvalue weighted by Crippen LogP contribution is -2.15. The molecule has 1 atom stereocenters. The van der Waals surface area contributed by atoms with Gasteiger partial charge in [0.2, 0.25) is 0 Å². The minimum atomic E-state index is -2.76. The molecule has 0 radical (unpaired) electrons. The van der Waals surface area contributed by atoms with Crippen LogP contribution in [0.1, 0.15) is 25.3 Å². The van der Waals surface area contributed by atoms with Crippen molar-refractivity contribution in [1.82, 2.24) is 9.55 Å². The molecule has 3 aromatic rings. The van der Waals surface area contributed by atoms with Gasteiger partial charge < -0.3 is 10.1 Å². The summed E-state index contributed by atoms with van der Waals surface area (Å²) >= 11 is 0. The van der Waals surface area contributed by atoms with Gasteiger partial charge in [-0.3, -0.25) is 4.57 Å². The van der Waals surface area contributed by atoms with Gasteiger partial charge in [0.15, 0.2) is 0 Å². The van der Waals surface area contributed by atoms with E-state index in [1.807, 2.05) is 0 Å². The van der Waals surface area contributed by atoms with E-state index in [0.717, 1.165) is 4.57 Å². The van der Waals surface area contributed by atoms with E-state index in [4.69, 9.17) is 4.74 Å². The Balaban J connectivity index is 1.91. The highest BCUT2D eigenvalue weighted by Crippen LogP contribution is 2.31. The molecule has 0 aliphatic rings. The second kappa shape index (κ2) is 7.63. The zero-order valence-electron chi connectivity index (χ0n) is 13.9. The first-order chi connectivity index (χ1) is 12.5. The van der Waals surface area contributed by atoms with Crippen molar-refractivity contribution in [3.05, 3.63) is 54.4 Å². The number of alkyl halides is 4. The third-order valence-corrected chi connectivity index (χ3v) is 3.83. The molecule has 0 bridgehead atoms. The van der Waals surface area contributed by atoms with Crippen molar-refractivity contribution >= 4 is 16.7 Å². The van der Waals surface area contributed by atoms with Gasteiger partial charge in [0.25, 0.3) is 6.43 Å². The van der Waals surface area contributed by atoms with E-state index in [-0.39, 0.29) is 11.6 Å². The van der Waals surface area contributed by atoms with Crippen LogP contribution in [0.15, 0.2) is 48.5 Å². The van der Waals surface area contributed by atoms with E-state index in [9.17, 15) is 17.6 Å². The summed E-state index contributed by atoms with van der Waals surface area (Å²) in [4.78, 5) is 4.29. The van der Waals surface area contributed by atoms with Gasteiger partial charge in [0, 0.05) is 0 Å². The predicted molar refractivity (Wildman–Crippen MR) is 91.0 cm³/mol. The standard InChI is InChI=1S/C18H17F4N3O/c1-11(23-13-7-3-5-9-15(13)26-10-16(19)20)17-24-12-6-2-4-8-14(12)25(17)18(21)22/h2-9,11,16,18,23H,10H2,1H3/t11-/m0/s1. The number of rotatable bonds is 7. The Morgan fingerprint density at radius 2 is 1.73 bits per heavy atom. The van der Waals surface area contributed by atoms with Crippen LogP contribution < -0.4 is 10.1 Å². The maximum Gasteiger partial charge on any atom is 0.320 e. The highest BCUT2D eigenvalue weighted by molar-refractivity contribution is 5.76. The quantitative estimate of drug-likeness (QED) is 0.580. The molecule has 8 heteroatoms. The Morgan fingerprint density at radius 3 is 2.46 bits per heavy atom. The van der Waals surface area contributed by atoms with Crippen LogP contribution >= 0.6 is 0 Å². The third-order valence-electron chi connectivity index (χ3n) is 3.83. The number of hydrogen-bond acceptors (Lipinski definition) is 3. The number of benzene rings is 2. The van der Waals surface area contributed by atoms with Crippen LogP contribution in [0.4, 0.5) is 23.2 Å². The van der Waals surface area contributed by atoms with Crippen LogP contribution in [-0.2, 0) is 0 Å². The number of halogens is 4. The predicted octanol–water partition coefficient (Wildman–Crippen LogP) is 5.25. The second-order valence-electron chi connectivity index (χ2n) is 5.67. The maximum absolute atomic E-state index is 13.6.